The van der Waals surface area contributed by atoms with Crippen LogP contribution in [-0.2, 0) is 0 Å². The molecule has 2 rings (SSSR count). The van der Waals surface area contributed by atoms with Gasteiger partial charge in [-0.25, -0.2) is 0 Å². The molecule has 0 radical (unpaired) electrons. The lowest BCUT2D eigenvalue weighted by Crippen LogP contribution is -1.96. The van der Waals surface area contributed by atoms with Crippen molar-refractivity contribution in [2.75, 3.05) is 0 Å². The fourth-order valence-electron chi connectivity index (χ4n) is 1.75. The monoisotopic (exact) mass is 240 g/mol. The van der Waals surface area contributed by atoms with Gasteiger partial charge in [-0.1, -0.05) is 19.1 Å². The van der Waals surface area contributed by atoms with Gasteiger partial charge in [-0.2, -0.15) is 0 Å². The Balaban J connectivity index is 2.32. The first-order chi connectivity index (χ1) is 6.20. The molecule has 13 heavy (non-hydrogen) atoms. The minimum Gasteiger partial charge on any atom is -0.506 e. The molecular weight excluding hydrogens is 228 g/mol. The van der Waals surface area contributed by atoms with Gasteiger partial charge in [0.1, 0.15) is 5.75 Å². The SMILES string of the molecule is C[C@H](c1cccc(Br)c1O)C1CC1. The first-order valence-electron chi connectivity index (χ1n) is 4.67. The van der Waals surface area contributed by atoms with Gasteiger partial charge in [0, 0.05) is 0 Å². The molecule has 0 aliphatic heterocycles. The molecular formula is C11H13BrO. The number of phenolic OH excluding ortho intramolecular Hbond substituents is 1. The summed E-state index contributed by atoms with van der Waals surface area (Å²) in [6, 6.07) is 5.87. The molecule has 1 atom stereocenters. The Labute approximate surface area is 86.9 Å². The van der Waals surface area contributed by atoms with E-state index in [-0.39, 0.29) is 0 Å². The predicted molar refractivity (Wildman–Crippen MR) is 56.9 cm³/mol. The lowest BCUT2D eigenvalue weighted by molar-refractivity contribution is 0.455. The fraction of sp³-hybridized carbons (Fsp3) is 0.455. The summed E-state index contributed by atoms with van der Waals surface area (Å²) in [6.07, 6.45) is 2.63. The first-order valence-corrected chi connectivity index (χ1v) is 5.47. The molecule has 1 nitrogen and oxygen atoms in total. The number of phenols is 1. The van der Waals surface area contributed by atoms with Crippen LogP contribution in [0.3, 0.4) is 0 Å². The summed E-state index contributed by atoms with van der Waals surface area (Å²) in [7, 11) is 0. The van der Waals surface area contributed by atoms with E-state index in [1.54, 1.807) is 0 Å². The van der Waals surface area contributed by atoms with E-state index < -0.39 is 0 Å². The molecule has 0 amide bonds. The van der Waals surface area contributed by atoms with E-state index in [1.165, 1.54) is 12.8 Å². The zero-order chi connectivity index (χ0) is 9.42. The lowest BCUT2D eigenvalue weighted by atomic mass is 9.96. The molecule has 0 heterocycles. The fourth-order valence-corrected chi connectivity index (χ4v) is 2.13. The molecule has 1 aliphatic carbocycles. The van der Waals surface area contributed by atoms with E-state index in [0.717, 1.165) is 16.0 Å². The van der Waals surface area contributed by atoms with Gasteiger partial charge in [-0.15, -0.1) is 0 Å². The molecule has 1 aromatic rings. The third-order valence-electron chi connectivity index (χ3n) is 2.84. The van der Waals surface area contributed by atoms with Gasteiger partial charge in [-0.05, 0) is 52.2 Å². The zero-order valence-corrected chi connectivity index (χ0v) is 9.21. The van der Waals surface area contributed by atoms with Crippen molar-refractivity contribution in [3.05, 3.63) is 28.2 Å². The van der Waals surface area contributed by atoms with Crippen LogP contribution in [0.4, 0.5) is 0 Å². The van der Waals surface area contributed by atoms with Crippen LogP contribution < -0.4 is 0 Å². The Bertz CT molecular complexity index is 318. The van der Waals surface area contributed by atoms with Crippen molar-refractivity contribution in [3.8, 4) is 5.75 Å². The topological polar surface area (TPSA) is 20.2 Å². The van der Waals surface area contributed by atoms with Crippen LogP contribution >= 0.6 is 15.9 Å². The number of benzene rings is 1. The third kappa shape index (κ3) is 1.73. The van der Waals surface area contributed by atoms with Crippen LogP contribution in [0.2, 0.25) is 0 Å². The van der Waals surface area contributed by atoms with Crippen molar-refractivity contribution >= 4 is 15.9 Å². The first kappa shape index (κ1) is 9.07. The Kier molecular flexibility index (Phi) is 2.33. The average Bonchev–Trinajstić information content (AvgIpc) is 2.91. The van der Waals surface area contributed by atoms with E-state index in [1.807, 2.05) is 18.2 Å². The van der Waals surface area contributed by atoms with Crippen molar-refractivity contribution in [2.24, 2.45) is 5.92 Å². The number of para-hydroxylation sites is 1. The van der Waals surface area contributed by atoms with Gasteiger partial charge in [0.25, 0.3) is 0 Å². The van der Waals surface area contributed by atoms with E-state index in [4.69, 9.17) is 0 Å². The van der Waals surface area contributed by atoms with Crippen LogP contribution in [0.25, 0.3) is 0 Å². The molecule has 0 spiro atoms. The Morgan fingerprint density at radius 1 is 1.46 bits per heavy atom. The number of hydrogen-bond donors (Lipinski definition) is 1. The van der Waals surface area contributed by atoms with Crippen molar-refractivity contribution in [1.29, 1.82) is 0 Å². The molecule has 2 heteroatoms. The summed E-state index contributed by atoms with van der Waals surface area (Å²) in [6.45, 7) is 2.19. The lowest BCUT2D eigenvalue weighted by Gasteiger charge is -2.12. The summed E-state index contributed by atoms with van der Waals surface area (Å²) in [5, 5.41) is 9.80. The van der Waals surface area contributed by atoms with E-state index in [0.29, 0.717) is 11.7 Å². The second-order valence-electron chi connectivity index (χ2n) is 3.80. The molecule has 1 N–H and O–H groups in total. The van der Waals surface area contributed by atoms with E-state index in [9.17, 15) is 5.11 Å². The molecule has 70 valence electrons. The Morgan fingerprint density at radius 2 is 2.15 bits per heavy atom. The normalized spacial score (nSPS) is 18.6. The highest BCUT2D eigenvalue weighted by Gasteiger charge is 2.30. The van der Waals surface area contributed by atoms with Crippen LogP contribution in [0.1, 0.15) is 31.2 Å². The number of halogens is 1. The van der Waals surface area contributed by atoms with Crippen molar-refractivity contribution < 1.29 is 5.11 Å². The number of rotatable bonds is 2. The summed E-state index contributed by atoms with van der Waals surface area (Å²) < 4.78 is 0.803. The van der Waals surface area contributed by atoms with Gasteiger partial charge in [0.05, 0.1) is 4.47 Å². The van der Waals surface area contributed by atoms with Gasteiger partial charge in [-0.3, -0.25) is 0 Å². The van der Waals surface area contributed by atoms with Gasteiger partial charge >= 0.3 is 0 Å². The van der Waals surface area contributed by atoms with Crippen LogP contribution in [0.5, 0.6) is 5.75 Å². The minimum atomic E-state index is 0.418. The minimum absolute atomic E-state index is 0.418. The molecule has 1 aliphatic rings. The highest BCUT2D eigenvalue weighted by atomic mass is 79.9. The van der Waals surface area contributed by atoms with Crippen molar-refractivity contribution in [3.63, 3.8) is 0 Å². The van der Waals surface area contributed by atoms with Gasteiger partial charge < -0.3 is 5.11 Å². The molecule has 1 fully saturated rings. The smallest absolute Gasteiger partial charge is 0.133 e. The van der Waals surface area contributed by atoms with Crippen LogP contribution in [0.15, 0.2) is 22.7 Å². The maximum absolute atomic E-state index is 9.80. The molecule has 1 saturated carbocycles. The quantitative estimate of drug-likeness (QED) is 0.837. The van der Waals surface area contributed by atoms with Crippen molar-refractivity contribution in [2.45, 2.75) is 25.7 Å². The maximum Gasteiger partial charge on any atom is 0.133 e. The molecule has 0 unspecified atom stereocenters. The predicted octanol–water partition coefficient (Wildman–Crippen LogP) is 3.67. The van der Waals surface area contributed by atoms with E-state index in [2.05, 4.69) is 22.9 Å². The molecule has 0 saturated heterocycles. The number of hydrogen-bond acceptors (Lipinski definition) is 1. The maximum atomic E-state index is 9.80. The third-order valence-corrected chi connectivity index (χ3v) is 3.48. The van der Waals surface area contributed by atoms with Gasteiger partial charge in [0.2, 0.25) is 0 Å². The highest BCUT2D eigenvalue weighted by Crippen LogP contribution is 2.45. The molecule has 1 aromatic carbocycles. The summed E-state index contributed by atoms with van der Waals surface area (Å²) in [5.74, 6) is 1.71. The summed E-state index contributed by atoms with van der Waals surface area (Å²) in [5.41, 5.74) is 1.08. The standard InChI is InChI=1S/C11H13BrO/c1-7(8-5-6-8)9-3-2-4-10(12)11(9)13/h2-4,7-8,13H,5-6H2,1H3/t7-/m0/s1. The summed E-state index contributed by atoms with van der Waals surface area (Å²) >= 11 is 3.33. The van der Waals surface area contributed by atoms with Gasteiger partial charge in [0.15, 0.2) is 0 Å². The largest absolute Gasteiger partial charge is 0.506 e. The number of aromatic hydroxyl groups is 1. The van der Waals surface area contributed by atoms with E-state index >= 15 is 0 Å². The second-order valence-corrected chi connectivity index (χ2v) is 4.66. The van der Waals surface area contributed by atoms with Crippen molar-refractivity contribution in [1.82, 2.24) is 0 Å². The molecule has 0 aromatic heterocycles. The Morgan fingerprint density at radius 3 is 2.77 bits per heavy atom. The molecule has 0 bridgehead atoms. The second kappa shape index (κ2) is 3.33. The Hall–Kier alpha value is -0.500. The average molecular weight is 241 g/mol. The zero-order valence-electron chi connectivity index (χ0n) is 7.63. The highest BCUT2D eigenvalue weighted by molar-refractivity contribution is 9.10. The van der Waals surface area contributed by atoms with Crippen LogP contribution in [-0.4, -0.2) is 5.11 Å². The van der Waals surface area contributed by atoms with Crippen LogP contribution in [0, 0.1) is 5.92 Å². The summed E-state index contributed by atoms with van der Waals surface area (Å²) in [4.78, 5) is 0.